The largest absolute Gasteiger partial charge is 0.348 e. The van der Waals surface area contributed by atoms with Crippen molar-refractivity contribution in [2.45, 2.75) is 32.4 Å². The van der Waals surface area contributed by atoms with Crippen molar-refractivity contribution >= 4 is 17.2 Å². The molecule has 6 heteroatoms. The molecule has 1 amide bonds. The van der Waals surface area contributed by atoms with Gasteiger partial charge in [0.2, 0.25) is 0 Å². The fourth-order valence-corrected chi connectivity index (χ4v) is 4.53. The third-order valence-electron chi connectivity index (χ3n) is 5.25. The van der Waals surface area contributed by atoms with Gasteiger partial charge >= 0.3 is 0 Å². The number of amides is 1. The maximum absolute atomic E-state index is 13.9. The summed E-state index contributed by atoms with van der Waals surface area (Å²) in [6.07, 6.45) is 1.84. The number of halogens is 1. The number of hydrogen-bond acceptors (Lipinski definition) is 4. The molecule has 0 atom stereocenters. The highest BCUT2D eigenvalue weighted by Gasteiger charge is 2.22. The SMILES string of the molecule is Cc1cccc(CN2CCC(NC(=O)c3csc(-c4ccccc4F)n3)CC2)c1. The molecule has 0 spiro atoms. The first-order chi connectivity index (χ1) is 14.1. The van der Waals surface area contributed by atoms with E-state index in [2.05, 4.69) is 46.4 Å². The van der Waals surface area contributed by atoms with Gasteiger partial charge in [-0.25, -0.2) is 9.37 Å². The average Bonchev–Trinajstić information content (AvgIpc) is 3.20. The Balaban J connectivity index is 1.31. The number of rotatable bonds is 5. The third kappa shape index (κ3) is 4.89. The van der Waals surface area contributed by atoms with Gasteiger partial charge in [0, 0.05) is 36.6 Å². The molecule has 1 fully saturated rings. The Hall–Kier alpha value is -2.57. The number of benzene rings is 2. The molecule has 0 radical (unpaired) electrons. The lowest BCUT2D eigenvalue weighted by molar-refractivity contribution is 0.0904. The molecule has 150 valence electrons. The van der Waals surface area contributed by atoms with E-state index in [1.165, 1.54) is 28.5 Å². The van der Waals surface area contributed by atoms with E-state index in [0.717, 1.165) is 32.5 Å². The summed E-state index contributed by atoms with van der Waals surface area (Å²) < 4.78 is 13.9. The Morgan fingerprint density at radius 1 is 1.21 bits per heavy atom. The average molecular weight is 410 g/mol. The van der Waals surface area contributed by atoms with E-state index in [1.807, 2.05) is 0 Å². The molecule has 0 aliphatic carbocycles. The second-order valence-electron chi connectivity index (χ2n) is 7.53. The van der Waals surface area contributed by atoms with Crippen molar-refractivity contribution in [2.24, 2.45) is 0 Å². The molecule has 1 aliphatic rings. The van der Waals surface area contributed by atoms with Crippen LogP contribution in [0.2, 0.25) is 0 Å². The topological polar surface area (TPSA) is 45.2 Å². The van der Waals surface area contributed by atoms with Crippen LogP contribution in [0.15, 0.2) is 53.9 Å². The van der Waals surface area contributed by atoms with Gasteiger partial charge in [0.25, 0.3) is 5.91 Å². The quantitative estimate of drug-likeness (QED) is 0.667. The molecular weight excluding hydrogens is 385 g/mol. The van der Waals surface area contributed by atoms with Gasteiger partial charge in [-0.2, -0.15) is 0 Å². The van der Waals surface area contributed by atoms with Gasteiger partial charge in [-0.1, -0.05) is 42.0 Å². The van der Waals surface area contributed by atoms with E-state index in [1.54, 1.807) is 23.6 Å². The van der Waals surface area contributed by atoms with Crippen molar-refractivity contribution in [3.05, 3.63) is 76.5 Å². The van der Waals surface area contributed by atoms with Crippen LogP contribution in [0.4, 0.5) is 4.39 Å². The number of thiazole rings is 1. The third-order valence-corrected chi connectivity index (χ3v) is 6.13. The fourth-order valence-electron chi connectivity index (χ4n) is 3.70. The van der Waals surface area contributed by atoms with Crippen LogP contribution in [0, 0.1) is 12.7 Å². The Morgan fingerprint density at radius 2 is 2.00 bits per heavy atom. The minimum absolute atomic E-state index is 0.148. The molecule has 1 N–H and O–H groups in total. The van der Waals surface area contributed by atoms with Gasteiger partial charge in [-0.3, -0.25) is 9.69 Å². The van der Waals surface area contributed by atoms with Crippen molar-refractivity contribution in [2.75, 3.05) is 13.1 Å². The number of carbonyl (C=O) groups excluding carboxylic acids is 1. The second kappa shape index (κ2) is 8.84. The molecule has 0 bridgehead atoms. The molecule has 29 heavy (non-hydrogen) atoms. The predicted molar refractivity (Wildman–Crippen MR) is 114 cm³/mol. The van der Waals surface area contributed by atoms with Crippen LogP contribution in [0.3, 0.4) is 0 Å². The summed E-state index contributed by atoms with van der Waals surface area (Å²) in [5, 5.41) is 5.32. The molecule has 1 aliphatic heterocycles. The van der Waals surface area contributed by atoms with Crippen LogP contribution in [-0.2, 0) is 6.54 Å². The Kier molecular flexibility index (Phi) is 6.02. The van der Waals surface area contributed by atoms with Crippen LogP contribution in [0.25, 0.3) is 10.6 Å². The van der Waals surface area contributed by atoms with Gasteiger partial charge in [-0.05, 0) is 37.5 Å². The van der Waals surface area contributed by atoms with Gasteiger partial charge in [-0.15, -0.1) is 11.3 Å². The lowest BCUT2D eigenvalue weighted by Gasteiger charge is -2.32. The van der Waals surface area contributed by atoms with Gasteiger partial charge in [0.15, 0.2) is 0 Å². The summed E-state index contributed by atoms with van der Waals surface area (Å²) in [4.78, 5) is 19.3. The Morgan fingerprint density at radius 3 is 2.76 bits per heavy atom. The Labute approximate surface area is 174 Å². The summed E-state index contributed by atoms with van der Waals surface area (Å²) in [7, 11) is 0. The monoisotopic (exact) mass is 409 g/mol. The maximum Gasteiger partial charge on any atom is 0.270 e. The van der Waals surface area contributed by atoms with Crippen molar-refractivity contribution in [1.82, 2.24) is 15.2 Å². The van der Waals surface area contributed by atoms with E-state index in [-0.39, 0.29) is 17.8 Å². The van der Waals surface area contributed by atoms with Crippen LogP contribution >= 0.6 is 11.3 Å². The lowest BCUT2D eigenvalue weighted by atomic mass is 10.0. The van der Waals surface area contributed by atoms with Gasteiger partial charge in [0.1, 0.15) is 16.5 Å². The molecule has 0 unspecified atom stereocenters. The number of hydrogen-bond donors (Lipinski definition) is 1. The first kappa shape index (κ1) is 19.7. The van der Waals surface area contributed by atoms with Crippen molar-refractivity contribution in [3.63, 3.8) is 0 Å². The van der Waals surface area contributed by atoms with Crippen molar-refractivity contribution in [1.29, 1.82) is 0 Å². The molecule has 1 saturated heterocycles. The minimum atomic E-state index is -0.324. The fraction of sp³-hybridized carbons (Fsp3) is 0.304. The second-order valence-corrected chi connectivity index (χ2v) is 8.39. The molecule has 4 nitrogen and oxygen atoms in total. The van der Waals surface area contributed by atoms with Crippen molar-refractivity contribution in [3.8, 4) is 10.6 Å². The molecule has 2 heterocycles. The zero-order valence-corrected chi connectivity index (χ0v) is 17.2. The Bertz CT molecular complexity index is 995. The molecular formula is C23H24FN3OS. The van der Waals surface area contributed by atoms with Crippen molar-refractivity contribution < 1.29 is 9.18 Å². The normalized spacial score (nSPS) is 15.4. The van der Waals surface area contributed by atoms with Crippen LogP contribution in [-0.4, -0.2) is 34.9 Å². The summed E-state index contributed by atoms with van der Waals surface area (Å²) >= 11 is 1.29. The summed E-state index contributed by atoms with van der Waals surface area (Å²) in [6.45, 7) is 4.97. The number of aromatic nitrogens is 1. The first-order valence-corrected chi connectivity index (χ1v) is 10.8. The number of piperidine rings is 1. The molecule has 1 aromatic heterocycles. The standard InChI is InChI=1S/C23H24FN3OS/c1-16-5-4-6-17(13-16)14-27-11-9-18(10-12-27)25-22(28)21-15-29-23(26-21)19-7-2-3-8-20(19)24/h2-8,13,15,18H,9-12,14H2,1H3,(H,25,28). The smallest absolute Gasteiger partial charge is 0.270 e. The minimum Gasteiger partial charge on any atom is -0.348 e. The van der Waals surface area contributed by atoms with Crippen LogP contribution in [0.5, 0.6) is 0 Å². The number of nitrogens with zero attached hydrogens (tertiary/aromatic N) is 2. The van der Waals surface area contributed by atoms with E-state index < -0.39 is 0 Å². The number of likely N-dealkylation sites (tertiary alicyclic amines) is 1. The van der Waals surface area contributed by atoms with E-state index in [9.17, 15) is 9.18 Å². The maximum atomic E-state index is 13.9. The summed E-state index contributed by atoms with van der Waals surface area (Å²) in [6, 6.07) is 15.2. The van der Waals surface area contributed by atoms with E-state index >= 15 is 0 Å². The molecule has 2 aromatic carbocycles. The first-order valence-electron chi connectivity index (χ1n) is 9.87. The molecule has 3 aromatic rings. The number of carbonyl (C=O) groups is 1. The predicted octanol–water partition coefficient (Wildman–Crippen LogP) is 4.65. The van der Waals surface area contributed by atoms with E-state index in [4.69, 9.17) is 0 Å². The zero-order valence-electron chi connectivity index (χ0n) is 16.4. The number of nitrogens with one attached hydrogen (secondary N) is 1. The van der Waals surface area contributed by atoms with Gasteiger partial charge in [0.05, 0.1) is 0 Å². The highest BCUT2D eigenvalue weighted by molar-refractivity contribution is 7.13. The van der Waals surface area contributed by atoms with Gasteiger partial charge < -0.3 is 5.32 Å². The lowest BCUT2D eigenvalue weighted by Crippen LogP contribution is -2.44. The molecule has 0 saturated carbocycles. The molecule has 4 rings (SSSR count). The highest BCUT2D eigenvalue weighted by atomic mass is 32.1. The van der Waals surface area contributed by atoms with E-state index in [0.29, 0.717) is 16.3 Å². The zero-order chi connectivity index (χ0) is 20.2. The van der Waals surface area contributed by atoms with Crippen LogP contribution < -0.4 is 5.32 Å². The highest BCUT2D eigenvalue weighted by Crippen LogP contribution is 2.26. The summed E-state index contributed by atoms with van der Waals surface area (Å²) in [5.41, 5.74) is 3.40. The number of aryl methyl sites for hydroxylation is 1. The summed E-state index contributed by atoms with van der Waals surface area (Å²) in [5.74, 6) is -0.504. The van der Waals surface area contributed by atoms with Crippen LogP contribution in [0.1, 0.15) is 34.5 Å².